The molecule has 3 aromatic carbocycles. The molecule has 0 radical (unpaired) electrons. The third-order valence-corrected chi connectivity index (χ3v) is 13.1. The van der Waals surface area contributed by atoms with Crippen LogP contribution in [0.1, 0.15) is 100 Å². The standard InChI is InChI=1S/C50H56N12O9/c1-50(2)35-26-31(15-16-32(35)48(69)71-50)54-49-53-27-34(43(57-49)55-37(29-63)30-10-4-3-5-11-30)45-59-58-41(70-45)14-9-21-60-22-24-61(25-23-60)28-40(65)52-20-7-6-19-51-36-13-8-12-33-42(36)47(68)62(46(33)67)38-17-18-39(64)56-44(38)66/h3-5,8,10-13,15-16,26-27,37-38,51,63H,6-7,9,14,17-25,28-29H2,1-2H3,(H,52,65)(H,56,64,66)(H2,53,54,55,57)/t37-,38?/m1/s1. The number of cyclic esters (lactones) is 1. The lowest BCUT2D eigenvalue weighted by Crippen LogP contribution is -2.54. The van der Waals surface area contributed by atoms with Crippen LogP contribution in [0, 0.1) is 0 Å². The molecule has 0 bridgehead atoms. The highest BCUT2D eigenvalue weighted by Gasteiger charge is 2.45. The number of piperazine rings is 1. The average molecular weight is 969 g/mol. The van der Waals surface area contributed by atoms with Crippen LogP contribution in [-0.4, -0.2) is 140 Å². The van der Waals surface area contributed by atoms with E-state index < -0.39 is 41.3 Å². The van der Waals surface area contributed by atoms with Crippen molar-refractivity contribution < 1.29 is 43.0 Å². The fourth-order valence-electron chi connectivity index (χ4n) is 9.27. The minimum absolute atomic E-state index is 0.0452. The van der Waals surface area contributed by atoms with Crippen LogP contribution in [-0.2, 0) is 31.1 Å². The molecular formula is C50H56N12O9. The van der Waals surface area contributed by atoms with Crippen LogP contribution >= 0.6 is 0 Å². The van der Waals surface area contributed by atoms with E-state index in [4.69, 9.17) is 14.1 Å². The summed E-state index contributed by atoms with van der Waals surface area (Å²) in [5, 5.41) is 34.1. The number of hydrogen-bond donors (Lipinski definition) is 6. The summed E-state index contributed by atoms with van der Waals surface area (Å²) in [4.78, 5) is 90.5. The molecule has 21 nitrogen and oxygen atoms in total. The predicted octanol–water partition coefficient (Wildman–Crippen LogP) is 3.78. The predicted molar refractivity (Wildman–Crippen MR) is 258 cm³/mol. The summed E-state index contributed by atoms with van der Waals surface area (Å²) < 4.78 is 11.7. The van der Waals surface area contributed by atoms with Crippen molar-refractivity contribution in [1.82, 2.24) is 45.5 Å². The maximum Gasteiger partial charge on any atom is 0.339 e. The number of fused-ring (bicyclic) bond motifs is 2. The first kappa shape index (κ1) is 48.4. The second kappa shape index (κ2) is 21.2. The van der Waals surface area contributed by atoms with Crippen molar-refractivity contribution >= 4 is 58.6 Å². The van der Waals surface area contributed by atoms with Crippen molar-refractivity contribution in [2.24, 2.45) is 0 Å². The van der Waals surface area contributed by atoms with Crippen molar-refractivity contribution in [2.75, 3.05) is 74.9 Å². The molecule has 6 N–H and O–H groups in total. The molecule has 2 saturated heterocycles. The Morgan fingerprint density at radius 1 is 0.887 bits per heavy atom. The van der Waals surface area contributed by atoms with E-state index in [1.54, 1.807) is 36.5 Å². The zero-order chi connectivity index (χ0) is 49.6. The van der Waals surface area contributed by atoms with E-state index in [2.05, 4.69) is 51.6 Å². The number of imide groups is 2. The summed E-state index contributed by atoms with van der Waals surface area (Å²) in [7, 11) is 0. The van der Waals surface area contributed by atoms with Gasteiger partial charge in [-0.05, 0) is 82.0 Å². The Labute approximate surface area is 409 Å². The zero-order valence-electron chi connectivity index (χ0n) is 39.5. The Bertz CT molecular complexity index is 2830. The summed E-state index contributed by atoms with van der Waals surface area (Å²) in [6.07, 6.45) is 4.45. The number of anilines is 4. The number of hydrogen-bond acceptors (Lipinski definition) is 18. The number of nitrogens with zero attached hydrogens (tertiary/aromatic N) is 7. The molecule has 4 aliphatic heterocycles. The van der Waals surface area contributed by atoms with Crippen LogP contribution in [0.2, 0.25) is 0 Å². The largest absolute Gasteiger partial charge is 0.451 e. The molecule has 370 valence electrons. The number of aliphatic hydroxyl groups excluding tert-OH is 1. The van der Waals surface area contributed by atoms with Crippen LogP contribution in [0.4, 0.5) is 23.1 Å². The molecule has 0 aliphatic carbocycles. The van der Waals surface area contributed by atoms with E-state index in [-0.39, 0.29) is 54.3 Å². The van der Waals surface area contributed by atoms with Gasteiger partial charge in [-0.1, -0.05) is 36.4 Å². The lowest BCUT2D eigenvalue weighted by Gasteiger charge is -2.34. The van der Waals surface area contributed by atoms with Gasteiger partial charge in [-0.3, -0.25) is 39.1 Å². The summed E-state index contributed by atoms with van der Waals surface area (Å²) in [5.41, 5.74) is 3.40. The van der Waals surface area contributed by atoms with Gasteiger partial charge in [-0.2, -0.15) is 4.98 Å². The van der Waals surface area contributed by atoms with E-state index in [0.29, 0.717) is 73.1 Å². The molecule has 6 heterocycles. The van der Waals surface area contributed by atoms with Crippen molar-refractivity contribution in [3.8, 4) is 11.5 Å². The number of aliphatic hydroxyl groups is 1. The van der Waals surface area contributed by atoms with Gasteiger partial charge in [0.1, 0.15) is 17.5 Å². The Hall–Kier alpha value is -7.62. The second-order valence-corrected chi connectivity index (χ2v) is 18.4. The molecule has 21 heteroatoms. The quantitative estimate of drug-likeness (QED) is 0.0368. The first-order chi connectivity index (χ1) is 34.3. The van der Waals surface area contributed by atoms with Crippen LogP contribution < -0.4 is 26.6 Å². The van der Waals surface area contributed by atoms with Gasteiger partial charge >= 0.3 is 5.97 Å². The smallest absolute Gasteiger partial charge is 0.339 e. The van der Waals surface area contributed by atoms with Gasteiger partial charge in [-0.15, -0.1) is 10.2 Å². The first-order valence-electron chi connectivity index (χ1n) is 23.9. The number of carbonyl (C=O) groups excluding carboxylic acids is 6. The van der Waals surface area contributed by atoms with Gasteiger partial charge in [0, 0.05) is 75.2 Å². The number of benzene rings is 3. The number of piperidine rings is 1. The van der Waals surface area contributed by atoms with Crippen LogP contribution in [0.25, 0.3) is 11.5 Å². The van der Waals surface area contributed by atoms with E-state index in [1.807, 2.05) is 50.2 Å². The maximum atomic E-state index is 13.4. The third kappa shape index (κ3) is 10.9. The second-order valence-electron chi connectivity index (χ2n) is 18.4. The van der Waals surface area contributed by atoms with E-state index in [0.717, 1.165) is 55.2 Å². The highest BCUT2D eigenvalue weighted by molar-refractivity contribution is 6.25. The number of unbranched alkanes of at least 4 members (excludes halogenated alkanes) is 1. The molecule has 5 aromatic rings. The molecule has 0 saturated carbocycles. The Balaban J connectivity index is 0.709. The number of carbonyl (C=O) groups is 6. The Morgan fingerprint density at radius 3 is 2.46 bits per heavy atom. The number of amides is 5. The summed E-state index contributed by atoms with van der Waals surface area (Å²) >= 11 is 0. The van der Waals surface area contributed by atoms with E-state index >= 15 is 0 Å². The van der Waals surface area contributed by atoms with E-state index in [1.165, 1.54) is 0 Å². The topological polar surface area (TPSA) is 266 Å². The summed E-state index contributed by atoms with van der Waals surface area (Å²) in [6, 6.07) is 18.3. The minimum Gasteiger partial charge on any atom is -0.451 e. The number of ether oxygens (including phenoxy) is 1. The SMILES string of the molecule is CC1(C)OC(=O)c2ccc(Nc3ncc(-c4nnc(CCCN5CCN(CC(=O)NCCCCNc6cccc7c6C(=O)N(C6CCC(=O)NC6=O)C7=O)CC5)o4)c(N[C@H](CO)c4ccccc4)n3)cc21. The van der Waals surface area contributed by atoms with Crippen molar-refractivity contribution in [3.05, 3.63) is 107 Å². The van der Waals surface area contributed by atoms with Gasteiger partial charge < -0.3 is 40.4 Å². The van der Waals surface area contributed by atoms with Crippen molar-refractivity contribution in [2.45, 2.75) is 70.1 Å². The van der Waals surface area contributed by atoms with Crippen LogP contribution in [0.5, 0.6) is 0 Å². The molecule has 1 unspecified atom stereocenters. The molecule has 2 fully saturated rings. The summed E-state index contributed by atoms with van der Waals surface area (Å²) in [6.45, 7) is 8.70. The van der Waals surface area contributed by atoms with Crippen molar-refractivity contribution in [3.63, 3.8) is 0 Å². The molecule has 5 amide bonds. The number of rotatable bonds is 20. The molecule has 2 atom stereocenters. The van der Waals surface area contributed by atoms with Gasteiger partial charge in [-0.25, -0.2) is 9.78 Å². The van der Waals surface area contributed by atoms with Gasteiger partial charge in [0.2, 0.25) is 29.6 Å². The lowest BCUT2D eigenvalue weighted by molar-refractivity contribution is -0.136. The van der Waals surface area contributed by atoms with Gasteiger partial charge in [0.25, 0.3) is 17.7 Å². The normalized spacial score (nSPS) is 18.2. The number of nitrogens with one attached hydrogen (secondary N) is 5. The zero-order valence-corrected chi connectivity index (χ0v) is 39.5. The highest BCUT2D eigenvalue weighted by atomic mass is 16.6. The van der Waals surface area contributed by atoms with E-state index in [9.17, 15) is 33.9 Å². The molecule has 0 spiro atoms. The Kier molecular flexibility index (Phi) is 14.4. The average Bonchev–Trinajstić information content (AvgIpc) is 4.00. The first-order valence-corrected chi connectivity index (χ1v) is 23.9. The van der Waals surface area contributed by atoms with Crippen LogP contribution in [0.15, 0.2) is 77.3 Å². The number of esters is 1. The fourth-order valence-corrected chi connectivity index (χ4v) is 9.27. The lowest BCUT2D eigenvalue weighted by atomic mass is 9.95. The number of aromatic nitrogens is 4. The fraction of sp³-hybridized carbons (Fsp3) is 0.400. The monoisotopic (exact) mass is 968 g/mol. The van der Waals surface area contributed by atoms with Crippen molar-refractivity contribution in [1.29, 1.82) is 0 Å². The molecule has 71 heavy (non-hydrogen) atoms. The molecule has 9 rings (SSSR count). The molecule has 2 aromatic heterocycles. The third-order valence-electron chi connectivity index (χ3n) is 13.1. The molecule has 4 aliphatic rings. The highest BCUT2D eigenvalue weighted by Crippen LogP contribution is 2.38. The molecular weight excluding hydrogens is 913 g/mol. The van der Waals surface area contributed by atoms with Gasteiger partial charge in [0.15, 0.2) is 0 Å². The van der Waals surface area contributed by atoms with Gasteiger partial charge in [0.05, 0.1) is 41.4 Å². The minimum atomic E-state index is -1.03. The number of aryl methyl sites for hydroxylation is 1. The maximum absolute atomic E-state index is 13.4. The van der Waals surface area contributed by atoms with Crippen LogP contribution in [0.3, 0.4) is 0 Å². The Morgan fingerprint density at radius 2 is 1.68 bits per heavy atom. The summed E-state index contributed by atoms with van der Waals surface area (Å²) in [5.74, 6) is -1.27.